The van der Waals surface area contributed by atoms with Crippen molar-refractivity contribution >= 4 is 21.9 Å². The first kappa shape index (κ1) is 12.2. The van der Waals surface area contributed by atoms with E-state index >= 15 is 0 Å². The first-order valence-electron chi connectivity index (χ1n) is 5.07. The summed E-state index contributed by atoms with van der Waals surface area (Å²) in [5.74, 6) is -0.282. The molecule has 0 spiro atoms. The molecular formula is C12H15BrO2. The molecule has 1 unspecified atom stereocenters. The molecule has 0 aliphatic heterocycles. The summed E-state index contributed by atoms with van der Waals surface area (Å²) in [5, 5.41) is 8.53. The lowest BCUT2D eigenvalue weighted by molar-refractivity contribution is -0.137. The Kier molecular flexibility index (Phi) is 4.82. The Morgan fingerprint density at radius 3 is 2.53 bits per heavy atom. The summed E-state index contributed by atoms with van der Waals surface area (Å²) in [6.45, 7) is 2.13. The maximum atomic E-state index is 10.4. The summed E-state index contributed by atoms with van der Waals surface area (Å²) in [6.07, 6.45) is 1.93. The second-order valence-corrected chi connectivity index (χ2v) is 4.65. The number of hydrogen-bond donors (Lipinski definition) is 1. The minimum atomic E-state index is -0.710. The van der Waals surface area contributed by atoms with Crippen molar-refractivity contribution in [2.75, 3.05) is 0 Å². The molecule has 0 aliphatic rings. The average molecular weight is 271 g/mol. The zero-order valence-electron chi connectivity index (χ0n) is 8.74. The van der Waals surface area contributed by atoms with Crippen LogP contribution >= 0.6 is 15.9 Å². The van der Waals surface area contributed by atoms with Crippen LogP contribution in [-0.4, -0.2) is 11.1 Å². The van der Waals surface area contributed by atoms with Crippen LogP contribution in [-0.2, 0) is 4.79 Å². The van der Waals surface area contributed by atoms with E-state index in [9.17, 15) is 4.79 Å². The van der Waals surface area contributed by atoms with Crippen molar-refractivity contribution < 1.29 is 9.90 Å². The van der Waals surface area contributed by atoms with E-state index in [1.807, 2.05) is 12.1 Å². The summed E-state index contributed by atoms with van der Waals surface area (Å²) >= 11 is 3.39. The van der Waals surface area contributed by atoms with Gasteiger partial charge >= 0.3 is 5.97 Å². The Hall–Kier alpha value is -0.830. The predicted octanol–water partition coefficient (Wildman–Crippen LogP) is 3.81. The number of carboxylic acid groups (broad SMARTS) is 1. The fraction of sp³-hybridized carbons (Fsp3) is 0.417. The molecule has 0 radical (unpaired) electrons. The largest absolute Gasteiger partial charge is 0.481 e. The maximum absolute atomic E-state index is 10.4. The summed E-state index contributed by atoms with van der Waals surface area (Å²) < 4.78 is 1.07. The zero-order valence-corrected chi connectivity index (χ0v) is 10.3. The van der Waals surface area contributed by atoms with Gasteiger partial charge in [0.15, 0.2) is 0 Å². The summed E-state index contributed by atoms with van der Waals surface area (Å²) in [6, 6.07) is 8.19. The average Bonchev–Trinajstić information content (AvgIpc) is 2.18. The van der Waals surface area contributed by atoms with Crippen molar-refractivity contribution in [3.05, 3.63) is 34.3 Å². The molecule has 0 saturated carbocycles. The molecule has 0 amide bonds. The number of hydrogen-bond acceptors (Lipinski definition) is 1. The van der Waals surface area contributed by atoms with Gasteiger partial charge in [0.25, 0.3) is 0 Å². The topological polar surface area (TPSA) is 37.3 Å². The summed E-state index contributed by atoms with van der Waals surface area (Å²) in [5.41, 5.74) is 1.27. The highest BCUT2D eigenvalue weighted by atomic mass is 79.9. The molecule has 1 aromatic rings. The van der Waals surface area contributed by atoms with Gasteiger partial charge in [-0.05, 0) is 36.5 Å². The predicted molar refractivity (Wildman–Crippen MR) is 64.0 cm³/mol. The van der Waals surface area contributed by atoms with Crippen LogP contribution in [0, 0.1) is 0 Å². The molecule has 0 saturated heterocycles. The van der Waals surface area contributed by atoms with E-state index in [1.54, 1.807) is 0 Å². The molecule has 1 N–H and O–H groups in total. The third-order valence-electron chi connectivity index (χ3n) is 2.47. The molecule has 0 aromatic heterocycles. The van der Waals surface area contributed by atoms with Gasteiger partial charge in [-0.3, -0.25) is 4.79 Å². The minimum Gasteiger partial charge on any atom is -0.481 e. The molecule has 82 valence electrons. The Balaban J connectivity index is 2.43. The third kappa shape index (κ3) is 4.47. The second-order valence-electron chi connectivity index (χ2n) is 3.74. The fourth-order valence-corrected chi connectivity index (χ4v) is 1.78. The Bertz CT molecular complexity index is 319. The number of carbonyl (C=O) groups is 1. The monoisotopic (exact) mass is 270 g/mol. The van der Waals surface area contributed by atoms with Crippen molar-refractivity contribution in [1.82, 2.24) is 0 Å². The molecule has 1 rings (SSSR count). The number of carboxylic acids is 1. The van der Waals surface area contributed by atoms with Gasteiger partial charge < -0.3 is 5.11 Å². The van der Waals surface area contributed by atoms with Crippen molar-refractivity contribution in [3.63, 3.8) is 0 Å². The molecule has 1 atom stereocenters. The van der Waals surface area contributed by atoms with Gasteiger partial charge in [-0.1, -0.05) is 35.0 Å². The first-order valence-corrected chi connectivity index (χ1v) is 5.86. The van der Waals surface area contributed by atoms with Gasteiger partial charge in [0, 0.05) is 10.9 Å². The SMILES string of the molecule is CC(CCCC(=O)O)c1ccc(Br)cc1. The fourth-order valence-electron chi connectivity index (χ4n) is 1.52. The molecule has 0 fully saturated rings. The number of rotatable bonds is 5. The quantitative estimate of drug-likeness (QED) is 0.884. The van der Waals surface area contributed by atoms with Crippen LogP contribution in [0.3, 0.4) is 0 Å². The lowest BCUT2D eigenvalue weighted by Crippen LogP contribution is -1.98. The molecule has 3 heteroatoms. The molecule has 15 heavy (non-hydrogen) atoms. The number of halogens is 1. The maximum Gasteiger partial charge on any atom is 0.303 e. The molecular weight excluding hydrogens is 256 g/mol. The van der Waals surface area contributed by atoms with Crippen molar-refractivity contribution in [2.24, 2.45) is 0 Å². The van der Waals surface area contributed by atoms with Crippen LogP contribution < -0.4 is 0 Å². The van der Waals surface area contributed by atoms with E-state index in [2.05, 4.69) is 35.0 Å². The third-order valence-corrected chi connectivity index (χ3v) is 3.00. The van der Waals surface area contributed by atoms with Crippen LogP contribution in [0.2, 0.25) is 0 Å². The lowest BCUT2D eigenvalue weighted by atomic mass is 9.96. The van der Waals surface area contributed by atoms with Gasteiger partial charge in [-0.25, -0.2) is 0 Å². The Labute approximate surface area is 98.4 Å². The molecule has 0 aliphatic carbocycles. The molecule has 2 nitrogen and oxygen atoms in total. The van der Waals surface area contributed by atoms with E-state index in [-0.39, 0.29) is 6.42 Å². The molecule has 0 heterocycles. The van der Waals surface area contributed by atoms with Gasteiger partial charge in [0.1, 0.15) is 0 Å². The van der Waals surface area contributed by atoms with Crippen LogP contribution in [0.5, 0.6) is 0 Å². The van der Waals surface area contributed by atoms with Crippen LogP contribution in [0.4, 0.5) is 0 Å². The van der Waals surface area contributed by atoms with Crippen LogP contribution in [0.1, 0.15) is 37.7 Å². The van der Waals surface area contributed by atoms with Crippen LogP contribution in [0.25, 0.3) is 0 Å². The zero-order chi connectivity index (χ0) is 11.3. The van der Waals surface area contributed by atoms with Crippen molar-refractivity contribution in [2.45, 2.75) is 32.1 Å². The number of aliphatic carboxylic acids is 1. The summed E-state index contributed by atoms with van der Waals surface area (Å²) in [4.78, 5) is 10.4. The van der Waals surface area contributed by atoms with E-state index in [0.717, 1.165) is 17.3 Å². The van der Waals surface area contributed by atoms with E-state index in [4.69, 9.17) is 5.11 Å². The standard InChI is InChI=1S/C12H15BrO2/c1-9(3-2-4-12(14)15)10-5-7-11(13)8-6-10/h5-9H,2-4H2,1H3,(H,14,15). The van der Waals surface area contributed by atoms with Crippen molar-refractivity contribution in [1.29, 1.82) is 0 Å². The first-order chi connectivity index (χ1) is 7.09. The van der Waals surface area contributed by atoms with E-state index in [0.29, 0.717) is 5.92 Å². The highest BCUT2D eigenvalue weighted by Gasteiger charge is 2.06. The smallest absolute Gasteiger partial charge is 0.303 e. The normalized spacial score (nSPS) is 12.4. The van der Waals surface area contributed by atoms with Gasteiger partial charge in [0.2, 0.25) is 0 Å². The van der Waals surface area contributed by atoms with Crippen LogP contribution in [0.15, 0.2) is 28.7 Å². The number of benzene rings is 1. The van der Waals surface area contributed by atoms with Gasteiger partial charge in [-0.15, -0.1) is 0 Å². The Morgan fingerprint density at radius 1 is 1.40 bits per heavy atom. The molecule has 0 bridgehead atoms. The van der Waals surface area contributed by atoms with Gasteiger partial charge in [0.05, 0.1) is 0 Å². The van der Waals surface area contributed by atoms with E-state index in [1.165, 1.54) is 5.56 Å². The highest BCUT2D eigenvalue weighted by molar-refractivity contribution is 9.10. The Morgan fingerprint density at radius 2 is 2.00 bits per heavy atom. The van der Waals surface area contributed by atoms with Crippen molar-refractivity contribution in [3.8, 4) is 0 Å². The minimum absolute atomic E-state index is 0.265. The molecule has 1 aromatic carbocycles. The lowest BCUT2D eigenvalue weighted by Gasteiger charge is -2.10. The summed E-state index contributed by atoms with van der Waals surface area (Å²) in [7, 11) is 0. The van der Waals surface area contributed by atoms with Gasteiger partial charge in [-0.2, -0.15) is 0 Å². The van der Waals surface area contributed by atoms with E-state index < -0.39 is 5.97 Å². The highest BCUT2D eigenvalue weighted by Crippen LogP contribution is 2.22. The second kappa shape index (κ2) is 5.91.